The van der Waals surface area contributed by atoms with E-state index in [2.05, 4.69) is 31.5 Å². The highest BCUT2D eigenvalue weighted by Gasteiger charge is 2.17. The molecule has 0 amide bonds. The van der Waals surface area contributed by atoms with Gasteiger partial charge in [0.05, 0.1) is 5.69 Å². The molecule has 1 heterocycles. The van der Waals surface area contributed by atoms with Crippen LogP contribution in [0.3, 0.4) is 0 Å². The van der Waals surface area contributed by atoms with Crippen molar-refractivity contribution in [3.05, 3.63) is 16.1 Å². The molecule has 0 saturated heterocycles. The predicted octanol–water partition coefficient (Wildman–Crippen LogP) is 4.11. The SMILES string of the molecule is CC(C)(C)c1csc(CNCCC2CCCC2)n1. The molecule has 1 N–H and O–H groups in total. The molecule has 2 rings (SSSR count). The number of hydrogen-bond donors (Lipinski definition) is 1. The number of nitrogens with zero attached hydrogens (tertiary/aromatic N) is 1. The normalized spacial score (nSPS) is 17.5. The third-order valence-electron chi connectivity index (χ3n) is 3.80. The molecule has 0 aromatic carbocycles. The summed E-state index contributed by atoms with van der Waals surface area (Å²) >= 11 is 1.79. The average Bonchev–Trinajstić information content (AvgIpc) is 2.95. The quantitative estimate of drug-likeness (QED) is 0.811. The second-order valence-corrected chi connectivity index (χ2v) is 7.44. The number of rotatable bonds is 5. The summed E-state index contributed by atoms with van der Waals surface area (Å²) in [7, 11) is 0. The van der Waals surface area contributed by atoms with Crippen LogP contribution in [0.2, 0.25) is 0 Å². The minimum Gasteiger partial charge on any atom is -0.310 e. The summed E-state index contributed by atoms with van der Waals surface area (Å²) in [6.07, 6.45) is 7.15. The standard InChI is InChI=1S/C15H26N2S/c1-15(2,3)13-11-18-14(17-13)10-16-9-8-12-6-4-5-7-12/h11-12,16H,4-10H2,1-3H3. The Labute approximate surface area is 115 Å². The molecular weight excluding hydrogens is 240 g/mol. The van der Waals surface area contributed by atoms with Crippen LogP contribution < -0.4 is 5.32 Å². The van der Waals surface area contributed by atoms with E-state index in [-0.39, 0.29) is 5.41 Å². The molecule has 1 fully saturated rings. The molecule has 0 aliphatic heterocycles. The third-order valence-corrected chi connectivity index (χ3v) is 4.65. The summed E-state index contributed by atoms with van der Waals surface area (Å²) in [6.45, 7) is 8.75. The van der Waals surface area contributed by atoms with Crippen LogP contribution in [0.25, 0.3) is 0 Å². The molecule has 102 valence electrons. The average molecular weight is 266 g/mol. The minimum absolute atomic E-state index is 0.179. The Morgan fingerprint density at radius 3 is 2.67 bits per heavy atom. The van der Waals surface area contributed by atoms with Gasteiger partial charge in [0.1, 0.15) is 5.01 Å². The zero-order valence-electron chi connectivity index (χ0n) is 12.0. The summed E-state index contributed by atoms with van der Waals surface area (Å²) in [5.74, 6) is 0.985. The zero-order valence-corrected chi connectivity index (χ0v) is 12.8. The Hall–Kier alpha value is -0.410. The van der Waals surface area contributed by atoms with Crippen LogP contribution in [-0.4, -0.2) is 11.5 Å². The zero-order chi connectivity index (χ0) is 13.0. The Bertz CT molecular complexity index is 359. The highest BCUT2D eigenvalue weighted by Crippen LogP contribution is 2.27. The van der Waals surface area contributed by atoms with Crippen molar-refractivity contribution >= 4 is 11.3 Å². The van der Waals surface area contributed by atoms with Crippen LogP contribution in [0.1, 0.15) is 63.6 Å². The summed E-state index contributed by atoms with van der Waals surface area (Å²) in [6, 6.07) is 0. The number of thiazole rings is 1. The van der Waals surface area contributed by atoms with E-state index in [1.54, 1.807) is 11.3 Å². The molecule has 0 spiro atoms. The van der Waals surface area contributed by atoms with E-state index in [1.807, 2.05) is 0 Å². The van der Waals surface area contributed by atoms with Gasteiger partial charge in [-0.3, -0.25) is 0 Å². The van der Waals surface area contributed by atoms with Gasteiger partial charge in [-0.2, -0.15) is 0 Å². The fraction of sp³-hybridized carbons (Fsp3) is 0.800. The third kappa shape index (κ3) is 4.06. The number of nitrogens with one attached hydrogen (secondary N) is 1. The Morgan fingerprint density at radius 1 is 1.33 bits per heavy atom. The Kier molecular flexibility index (Phi) is 4.79. The highest BCUT2D eigenvalue weighted by molar-refractivity contribution is 7.09. The van der Waals surface area contributed by atoms with E-state index in [0.717, 1.165) is 19.0 Å². The van der Waals surface area contributed by atoms with Gasteiger partial charge in [-0.25, -0.2) is 4.98 Å². The van der Waals surface area contributed by atoms with Crippen molar-refractivity contribution in [3.63, 3.8) is 0 Å². The van der Waals surface area contributed by atoms with Gasteiger partial charge in [0.15, 0.2) is 0 Å². The van der Waals surface area contributed by atoms with Crippen LogP contribution in [0, 0.1) is 5.92 Å². The fourth-order valence-electron chi connectivity index (χ4n) is 2.54. The molecule has 18 heavy (non-hydrogen) atoms. The lowest BCUT2D eigenvalue weighted by molar-refractivity contribution is 0.476. The lowest BCUT2D eigenvalue weighted by Crippen LogP contribution is -2.17. The van der Waals surface area contributed by atoms with Crippen LogP contribution in [-0.2, 0) is 12.0 Å². The van der Waals surface area contributed by atoms with E-state index in [4.69, 9.17) is 4.98 Å². The van der Waals surface area contributed by atoms with E-state index in [9.17, 15) is 0 Å². The fourth-order valence-corrected chi connectivity index (χ4v) is 3.53. The maximum Gasteiger partial charge on any atom is 0.107 e. The molecule has 1 saturated carbocycles. The molecule has 3 heteroatoms. The van der Waals surface area contributed by atoms with Gasteiger partial charge in [0.2, 0.25) is 0 Å². The largest absolute Gasteiger partial charge is 0.310 e. The van der Waals surface area contributed by atoms with Crippen molar-refractivity contribution in [2.24, 2.45) is 5.92 Å². The smallest absolute Gasteiger partial charge is 0.107 e. The van der Waals surface area contributed by atoms with Gasteiger partial charge in [-0.15, -0.1) is 11.3 Å². The first-order valence-electron chi connectivity index (χ1n) is 7.21. The molecular formula is C15H26N2S. The molecule has 0 bridgehead atoms. The van der Waals surface area contributed by atoms with Gasteiger partial charge in [0, 0.05) is 17.3 Å². The first-order valence-corrected chi connectivity index (χ1v) is 8.09. The maximum absolute atomic E-state index is 4.71. The van der Waals surface area contributed by atoms with Crippen LogP contribution in [0.5, 0.6) is 0 Å². The minimum atomic E-state index is 0.179. The molecule has 1 aliphatic carbocycles. The Morgan fingerprint density at radius 2 is 2.06 bits per heavy atom. The van der Waals surface area contributed by atoms with Gasteiger partial charge >= 0.3 is 0 Å². The van der Waals surface area contributed by atoms with Crippen molar-refractivity contribution < 1.29 is 0 Å². The van der Waals surface area contributed by atoms with Crippen molar-refractivity contribution in [1.82, 2.24) is 10.3 Å². The van der Waals surface area contributed by atoms with Crippen LogP contribution in [0.15, 0.2) is 5.38 Å². The van der Waals surface area contributed by atoms with Crippen molar-refractivity contribution in [2.45, 2.75) is 64.8 Å². The van der Waals surface area contributed by atoms with Crippen molar-refractivity contribution in [1.29, 1.82) is 0 Å². The van der Waals surface area contributed by atoms with Crippen molar-refractivity contribution in [2.75, 3.05) is 6.54 Å². The molecule has 0 radical (unpaired) electrons. The summed E-state index contributed by atoms with van der Waals surface area (Å²) in [5, 5.41) is 6.97. The summed E-state index contributed by atoms with van der Waals surface area (Å²) in [5.41, 5.74) is 1.40. The van der Waals surface area contributed by atoms with Gasteiger partial charge in [-0.1, -0.05) is 46.5 Å². The first kappa shape index (κ1) is 14.0. The molecule has 0 unspecified atom stereocenters. The van der Waals surface area contributed by atoms with E-state index < -0.39 is 0 Å². The number of aromatic nitrogens is 1. The van der Waals surface area contributed by atoms with Crippen LogP contribution in [0.4, 0.5) is 0 Å². The Balaban J connectivity index is 1.68. The summed E-state index contributed by atoms with van der Waals surface area (Å²) in [4.78, 5) is 4.71. The van der Waals surface area contributed by atoms with Gasteiger partial charge in [0.25, 0.3) is 0 Å². The second kappa shape index (κ2) is 6.16. The van der Waals surface area contributed by atoms with Crippen molar-refractivity contribution in [3.8, 4) is 0 Å². The first-order chi connectivity index (χ1) is 8.55. The summed E-state index contributed by atoms with van der Waals surface area (Å²) < 4.78 is 0. The monoisotopic (exact) mass is 266 g/mol. The molecule has 1 aliphatic rings. The second-order valence-electron chi connectivity index (χ2n) is 6.49. The maximum atomic E-state index is 4.71. The highest BCUT2D eigenvalue weighted by atomic mass is 32.1. The lowest BCUT2D eigenvalue weighted by Gasteiger charge is -2.14. The predicted molar refractivity (Wildman–Crippen MR) is 79.1 cm³/mol. The molecule has 1 aromatic heterocycles. The van der Waals surface area contributed by atoms with Crippen LogP contribution >= 0.6 is 11.3 Å². The lowest BCUT2D eigenvalue weighted by atomic mass is 9.93. The number of hydrogen-bond acceptors (Lipinski definition) is 3. The van der Waals surface area contributed by atoms with Gasteiger partial charge in [-0.05, 0) is 18.9 Å². The molecule has 2 nitrogen and oxygen atoms in total. The van der Waals surface area contributed by atoms with E-state index >= 15 is 0 Å². The molecule has 1 aromatic rings. The topological polar surface area (TPSA) is 24.9 Å². The van der Waals surface area contributed by atoms with Gasteiger partial charge < -0.3 is 5.32 Å². The van der Waals surface area contributed by atoms with E-state index in [0.29, 0.717) is 0 Å². The molecule has 0 atom stereocenters. The van der Waals surface area contributed by atoms with E-state index in [1.165, 1.54) is 42.8 Å².